The van der Waals surface area contributed by atoms with Gasteiger partial charge in [-0.3, -0.25) is 9.10 Å². The van der Waals surface area contributed by atoms with E-state index in [1.54, 1.807) is 18.2 Å². The zero-order chi connectivity index (χ0) is 23.0. The zero-order valence-electron chi connectivity index (χ0n) is 18.5. The normalized spacial score (nSPS) is 12.4. The van der Waals surface area contributed by atoms with Gasteiger partial charge in [-0.15, -0.1) is 0 Å². The number of benzene rings is 2. The van der Waals surface area contributed by atoms with Gasteiger partial charge in [0.05, 0.1) is 18.5 Å². The molecule has 0 spiro atoms. The number of carbonyl (C=O) groups excluding carboxylic acids is 1. The van der Waals surface area contributed by atoms with Crippen LogP contribution in [0.15, 0.2) is 42.5 Å². The van der Waals surface area contributed by atoms with E-state index in [-0.39, 0.29) is 25.7 Å². The Balaban J connectivity index is 1.40. The number of hydrogen-bond acceptors (Lipinski definition) is 6. The molecule has 3 rings (SSSR count). The minimum atomic E-state index is -3.51. The van der Waals surface area contributed by atoms with Crippen LogP contribution in [0.1, 0.15) is 31.7 Å². The smallest absolute Gasteiger partial charge is 0.232 e. The van der Waals surface area contributed by atoms with E-state index in [4.69, 9.17) is 14.2 Å². The number of sulfonamides is 1. The molecule has 2 aromatic carbocycles. The summed E-state index contributed by atoms with van der Waals surface area (Å²) in [5.41, 5.74) is 1.76. The molecule has 174 valence electrons. The Bertz CT molecular complexity index is 1010. The van der Waals surface area contributed by atoms with Crippen LogP contribution >= 0.6 is 0 Å². The standard InChI is InChI=1S/C23H30N2O6S/c1-3-5-18-7-10-20(11-8-18)29-15-13-24-23(26)6-4-14-25(32(2,27)28)19-9-12-21-22(16-19)31-17-30-21/h7-12,16H,3-6,13-15,17H2,1-2H3,(H,24,26). The van der Waals surface area contributed by atoms with Crippen LogP contribution in [0.5, 0.6) is 17.2 Å². The van der Waals surface area contributed by atoms with E-state index in [2.05, 4.69) is 12.2 Å². The second-order valence-electron chi connectivity index (χ2n) is 7.57. The zero-order valence-corrected chi connectivity index (χ0v) is 19.3. The first-order valence-electron chi connectivity index (χ1n) is 10.7. The summed E-state index contributed by atoms with van der Waals surface area (Å²) < 4.78 is 42.0. The van der Waals surface area contributed by atoms with Crippen molar-refractivity contribution < 1.29 is 27.4 Å². The van der Waals surface area contributed by atoms with Gasteiger partial charge in [-0.1, -0.05) is 25.5 Å². The lowest BCUT2D eigenvalue weighted by Crippen LogP contribution is -2.32. The van der Waals surface area contributed by atoms with Gasteiger partial charge in [-0.2, -0.15) is 0 Å². The number of aryl methyl sites for hydroxylation is 1. The van der Waals surface area contributed by atoms with E-state index >= 15 is 0 Å². The Morgan fingerprint density at radius 1 is 1.12 bits per heavy atom. The maximum Gasteiger partial charge on any atom is 0.232 e. The molecule has 0 aliphatic carbocycles. The molecule has 1 aliphatic rings. The van der Waals surface area contributed by atoms with Gasteiger partial charge in [0.25, 0.3) is 0 Å². The molecular formula is C23H30N2O6S. The van der Waals surface area contributed by atoms with Crippen LogP contribution in [0.25, 0.3) is 0 Å². The predicted octanol–water partition coefficient (Wildman–Crippen LogP) is 3.11. The third kappa shape index (κ3) is 6.78. The first kappa shape index (κ1) is 23.7. The summed E-state index contributed by atoms with van der Waals surface area (Å²) in [6.45, 7) is 3.19. The van der Waals surface area contributed by atoms with Gasteiger partial charge < -0.3 is 19.5 Å². The minimum Gasteiger partial charge on any atom is -0.492 e. The van der Waals surface area contributed by atoms with Crippen LogP contribution in [0.4, 0.5) is 5.69 Å². The lowest BCUT2D eigenvalue weighted by Gasteiger charge is -2.22. The SMILES string of the molecule is CCCc1ccc(OCCNC(=O)CCCN(c2ccc3c(c2)OCO3)S(C)(=O)=O)cc1. The van der Waals surface area contributed by atoms with Gasteiger partial charge in [0.2, 0.25) is 22.7 Å². The summed E-state index contributed by atoms with van der Waals surface area (Å²) in [4.78, 5) is 12.1. The van der Waals surface area contributed by atoms with E-state index in [1.165, 1.54) is 9.87 Å². The molecule has 32 heavy (non-hydrogen) atoms. The van der Waals surface area contributed by atoms with E-state index in [0.717, 1.165) is 24.8 Å². The third-order valence-corrected chi connectivity index (χ3v) is 6.16. The third-order valence-electron chi connectivity index (χ3n) is 4.96. The molecule has 0 bridgehead atoms. The molecule has 0 atom stereocenters. The molecule has 0 saturated carbocycles. The molecular weight excluding hydrogens is 432 g/mol. The first-order chi connectivity index (χ1) is 15.4. The highest BCUT2D eigenvalue weighted by Crippen LogP contribution is 2.36. The molecule has 2 aromatic rings. The minimum absolute atomic E-state index is 0.117. The highest BCUT2D eigenvalue weighted by atomic mass is 32.2. The molecule has 9 heteroatoms. The highest BCUT2D eigenvalue weighted by Gasteiger charge is 2.21. The van der Waals surface area contributed by atoms with E-state index < -0.39 is 10.0 Å². The average molecular weight is 463 g/mol. The van der Waals surface area contributed by atoms with Crippen LogP contribution in [-0.2, 0) is 21.2 Å². The quantitative estimate of drug-likeness (QED) is 0.487. The van der Waals surface area contributed by atoms with Crippen molar-refractivity contribution >= 4 is 21.6 Å². The van der Waals surface area contributed by atoms with Gasteiger partial charge in [0, 0.05) is 19.0 Å². The molecule has 1 heterocycles. The number of rotatable bonds is 12. The van der Waals surface area contributed by atoms with Crippen LogP contribution in [0.3, 0.4) is 0 Å². The second-order valence-corrected chi connectivity index (χ2v) is 9.48. The van der Waals surface area contributed by atoms with Gasteiger partial charge in [0.15, 0.2) is 11.5 Å². The van der Waals surface area contributed by atoms with Crippen molar-refractivity contribution in [3.05, 3.63) is 48.0 Å². The van der Waals surface area contributed by atoms with E-state index in [1.807, 2.05) is 24.3 Å². The monoisotopic (exact) mass is 462 g/mol. The van der Waals surface area contributed by atoms with Crippen LogP contribution < -0.4 is 23.8 Å². The molecule has 0 radical (unpaired) electrons. The average Bonchev–Trinajstić information content (AvgIpc) is 3.22. The van der Waals surface area contributed by atoms with Crippen molar-refractivity contribution in [1.82, 2.24) is 5.32 Å². The number of nitrogens with zero attached hydrogens (tertiary/aromatic N) is 1. The largest absolute Gasteiger partial charge is 0.492 e. The summed E-state index contributed by atoms with van der Waals surface area (Å²) in [6, 6.07) is 12.9. The van der Waals surface area contributed by atoms with Gasteiger partial charge in [-0.25, -0.2) is 8.42 Å². The molecule has 0 fully saturated rings. The maximum absolute atomic E-state index is 12.2. The molecule has 0 unspecified atom stereocenters. The van der Waals surface area contributed by atoms with Crippen LogP contribution in [-0.4, -0.2) is 47.1 Å². The fourth-order valence-corrected chi connectivity index (χ4v) is 4.36. The Hall–Kier alpha value is -2.94. The fraction of sp³-hybridized carbons (Fsp3) is 0.435. The maximum atomic E-state index is 12.2. The Morgan fingerprint density at radius 2 is 1.88 bits per heavy atom. The number of amides is 1. The lowest BCUT2D eigenvalue weighted by atomic mass is 10.1. The Kier molecular flexibility index (Phi) is 8.21. The van der Waals surface area contributed by atoms with Crippen molar-refractivity contribution in [3.63, 3.8) is 0 Å². The Morgan fingerprint density at radius 3 is 2.59 bits per heavy atom. The summed E-state index contributed by atoms with van der Waals surface area (Å²) in [5, 5.41) is 2.80. The van der Waals surface area contributed by atoms with Gasteiger partial charge >= 0.3 is 0 Å². The second kappa shape index (κ2) is 11.1. The lowest BCUT2D eigenvalue weighted by molar-refractivity contribution is -0.121. The molecule has 8 nitrogen and oxygen atoms in total. The van der Waals surface area contributed by atoms with E-state index in [0.29, 0.717) is 36.8 Å². The summed E-state index contributed by atoms with van der Waals surface area (Å²) in [7, 11) is -3.51. The fourth-order valence-electron chi connectivity index (χ4n) is 3.40. The Labute approximate surface area is 189 Å². The molecule has 0 aromatic heterocycles. The van der Waals surface area contributed by atoms with Crippen LogP contribution in [0.2, 0.25) is 0 Å². The number of fused-ring (bicyclic) bond motifs is 1. The number of ether oxygens (including phenoxy) is 3. The highest BCUT2D eigenvalue weighted by molar-refractivity contribution is 7.92. The number of hydrogen-bond donors (Lipinski definition) is 1. The van der Waals surface area contributed by atoms with Crippen molar-refractivity contribution in [2.45, 2.75) is 32.6 Å². The molecule has 1 amide bonds. The van der Waals surface area contributed by atoms with Crippen molar-refractivity contribution in [2.75, 3.05) is 37.1 Å². The molecule has 0 saturated heterocycles. The van der Waals surface area contributed by atoms with Crippen molar-refractivity contribution in [2.24, 2.45) is 0 Å². The predicted molar refractivity (Wildman–Crippen MR) is 123 cm³/mol. The molecule has 1 aliphatic heterocycles. The van der Waals surface area contributed by atoms with Crippen LogP contribution in [0, 0.1) is 0 Å². The van der Waals surface area contributed by atoms with Crippen molar-refractivity contribution in [3.8, 4) is 17.2 Å². The topological polar surface area (TPSA) is 94.2 Å². The van der Waals surface area contributed by atoms with E-state index in [9.17, 15) is 13.2 Å². The van der Waals surface area contributed by atoms with Gasteiger partial charge in [0.1, 0.15) is 12.4 Å². The summed E-state index contributed by atoms with van der Waals surface area (Å²) >= 11 is 0. The number of anilines is 1. The molecule has 1 N–H and O–H groups in total. The van der Waals surface area contributed by atoms with Crippen molar-refractivity contribution in [1.29, 1.82) is 0 Å². The number of carbonyl (C=O) groups is 1. The summed E-state index contributed by atoms with van der Waals surface area (Å²) in [6.07, 6.45) is 3.88. The first-order valence-corrected chi connectivity index (χ1v) is 12.6. The summed E-state index contributed by atoms with van der Waals surface area (Å²) in [5.74, 6) is 1.72. The van der Waals surface area contributed by atoms with Gasteiger partial charge in [-0.05, 0) is 42.7 Å². The number of nitrogens with one attached hydrogen (secondary N) is 1.